The van der Waals surface area contributed by atoms with Gasteiger partial charge in [-0.05, 0) is 54.4 Å². The molecule has 2 aromatic rings. The summed E-state index contributed by atoms with van der Waals surface area (Å²) < 4.78 is 15.6. The van der Waals surface area contributed by atoms with E-state index in [2.05, 4.69) is 4.99 Å². The lowest BCUT2D eigenvalue weighted by atomic mass is 10.1. The summed E-state index contributed by atoms with van der Waals surface area (Å²) in [7, 11) is 1.35. The second kappa shape index (κ2) is 9.84. The zero-order valence-corrected chi connectivity index (χ0v) is 16.6. The SMILES string of the molecule is COC(=O)c1ccc(C)c(N=Cc2ccc(OCC(=O)N3CCOCC3)cc2)c1. The number of carbonyl (C=O) groups excluding carboxylic acids is 2. The van der Waals surface area contributed by atoms with Gasteiger partial charge < -0.3 is 19.1 Å². The van der Waals surface area contributed by atoms with Gasteiger partial charge in [0, 0.05) is 19.3 Å². The number of esters is 1. The smallest absolute Gasteiger partial charge is 0.337 e. The van der Waals surface area contributed by atoms with E-state index in [-0.39, 0.29) is 12.5 Å². The van der Waals surface area contributed by atoms with Crippen molar-refractivity contribution in [2.75, 3.05) is 40.0 Å². The lowest BCUT2D eigenvalue weighted by Crippen LogP contribution is -2.42. The second-order valence-electron chi connectivity index (χ2n) is 6.60. The number of hydrogen-bond acceptors (Lipinski definition) is 6. The quantitative estimate of drug-likeness (QED) is 0.554. The minimum absolute atomic E-state index is 0.00690. The fraction of sp³-hybridized carbons (Fsp3) is 0.318. The van der Waals surface area contributed by atoms with Crippen molar-refractivity contribution < 1.29 is 23.8 Å². The molecule has 1 fully saturated rings. The number of rotatable bonds is 6. The zero-order valence-electron chi connectivity index (χ0n) is 16.6. The fourth-order valence-electron chi connectivity index (χ4n) is 2.84. The molecule has 7 heteroatoms. The summed E-state index contributed by atoms with van der Waals surface area (Å²) in [5, 5.41) is 0. The molecule has 0 aliphatic carbocycles. The molecule has 0 radical (unpaired) electrons. The first-order valence-corrected chi connectivity index (χ1v) is 9.38. The number of hydrogen-bond donors (Lipinski definition) is 0. The summed E-state index contributed by atoms with van der Waals surface area (Å²) in [5.74, 6) is 0.183. The average Bonchev–Trinajstić information content (AvgIpc) is 2.77. The molecule has 1 aliphatic rings. The third-order valence-electron chi connectivity index (χ3n) is 4.59. The van der Waals surface area contributed by atoms with E-state index in [0.717, 1.165) is 11.1 Å². The van der Waals surface area contributed by atoms with E-state index in [0.29, 0.717) is 43.3 Å². The first-order chi connectivity index (χ1) is 14.1. The van der Waals surface area contributed by atoms with Crippen LogP contribution in [0.15, 0.2) is 47.5 Å². The number of ether oxygens (including phenoxy) is 3. The molecule has 1 heterocycles. The molecule has 0 bridgehead atoms. The van der Waals surface area contributed by atoms with Crippen molar-refractivity contribution in [2.45, 2.75) is 6.92 Å². The fourth-order valence-corrected chi connectivity index (χ4v) is 2.84. The molecule has 0 N–H and O–H groups in total. The molecule has 29 heavy (non-hydrogen) atoms. The molecule has 1 amide bonds. The number of amides is 1. The molecule has 0 saturated carbocycles. The van der Waals surface area contributed by atoms with Gasteiger partial charge in [0.05, 0.1) is 31.6 Å². The highest BCUT2D eigenvalue weighted by Gasteiger charge is 2.17. The van der Waals surface area contributed by atoms with Gasteiger partial charge >= 0.3 is 5.97 Å². The molecule has 1 saturated heterocycles. The van der Waals surface area contributed by atoms with Crippen LogP contribution in [0.5, 0.6) is 5.75 Å². The van der Waals surface area contributed by atoms with E-state index in [4.69, 9.17) is 14.2 Å². The summed E-state index contributed by atoms with van der Waals surface area (Å²) in [6, 6.07) is 12.6. The van der Waals surface area contributed by atoms with Crippen molar-refractivity contribution in [1.82, 2.24) is 4.90 Å². The van der Waals surface area contributed by atoms with Gasteiger partial charge in [0.2, 0.25) is 0 Å². The van der Waals surface area contributed by atoms with Crippen molar-refractivity contribution in [3.05, 3.63) is 59.2 Å². The van der Waals surface area contributed by atoms with Crippen molar-refractivity contribution in [2.24, 2.45) is 4.99 Å². The maximum Gasteiger partial charge on any atom is 0.337 e. The molecular formula is C22H24N2O5. The minimum Gasteiger partial charge on any atom is -0.484 e. The van der Waals surface area contributed by atoms with Crippen LogP contribution < -0.4 is 4.74 Å². The monoisotopic (exact) mass is 396 g/mol. The highest BCUT2D eigenvalue weighted by Crippen LogP contribution is 2.21. The van der Waals surface area contributed by atoms with Gasteiger partial charge in [0.15, 0.2) is 6.61 Å². The summed E-state index contributed by atoms with van der Waals surface area (Å²) >= 11 is 0. The predicted molar refractivity (Wildman–Crippen MR) is 109 cm³/mol. The van der Waals surface area contributed by atoms with Crippen LogP contribution in [0, 0.1) is 6.92 Å². The Balaban J connectivity index is 1.59. The Labute approximate surface area is 169 Å². The van der Waals surface area contributed by atoms with Crippen LogP contribution in [-0.2, 0) is 14.3 Å². The van der Waals surface area contributed by atoms with Gasteiger partial charge in [0.25, 0.3) is 5.91 Å². The van der Waals surface area contributed by atoms with Crippen LogP contribution in [0.3, 0.4) is 0 Å². The Morgan fingerprint density at radius 1 is 1.14 bits per heavy atom. The van der Waals surface area contributed by atoms with Gasteiger partial charge in [-0.25, -0.2) is 4.79 Å². The number of aryl methyl sites for hydroxylation is 1. The van der Waals surface area contributed by atoms with Crippen LogP contribution in [0.2, 0.25) is 0 Å². The predicted octanol–water partition coefficient (Wildman–Crippen LogP) is 2.77. The molecule has 152 valence electrons. The molecule has 3 rings (SSSR count). The van der Waals surface area contributed by atoms with Gasteiger partial charge in [-0.2, -0.15) is 0 Å². The van der Waals surface area contributed by atoms with Crippen molar-refractivity contribution >= 4 is 23.8 Å². The van der Waals surface area contributed by atoms with E-state index >= 15 is 0 Å². The Morgan fingerprint density at radius 3 is 2.55 bits per heavy atom. The van der Waals surface area contributed by atoms with E-state index in [9.17, 15) is 9.59 Å². The topological polar surface area (TPSA) is 77.4 Å². The largest absolute Gasteiger partial charge is 0.484 e. The van der Waals surface area contributed by atoms with E-state index in [1.807, 2.05) is 25.1 Å². The lowest BCUT2D eigenvalue weighted by molar-refractivity contribution is -0.137. The number of benzene rings is 2. The first kappa shape index (κ1) is 20.5. The van der Waals surface area contributed by atoms with Gasteiger partial charge in [-0.15, -0.1) is 0 Å². The van der Waals surface area contributed by atoms with Crippen molar-refractivity contribution in [1.29, 1.82) is 0 Å². The van der Waals surface area contributed by atoms with Crippen molar-refractivity contribution in [3.63, 3.8) is 0 Å². The van der Waals surface area contributed by atoms with Crippen LogP contribution in [0.4, 0.5) is 5.69 Å². The molecule has 0 spiro atoms. The summed E-state index contributed by atoms with van der Waals surface area (Å²) in [4.78, 5) is 30.0. The summed E-state index contributed by atoms with van der Waals surface area (Å²) in [6.45, 7) is 4.29. The van der Waals surface area contributed by atoms with Crippen LogP contribution in [0.25, 0.3) is 0 Å². The number of morpholine rings is 1. The Bertz CT molecular complexity index is 887. The van der Waals surface area contributed by atoms with E-state index in [1.165, 1.54) is 7.11 Å². The van der Waals surface area contributed by atoms with Crippen molar-refractivity contribution in [3.8, 4) is 5.75 Å². The Morgan fingerprint density at radius 2 is 1.86 bits per heavy atom. The van der Waals surface area contributed by atoms with Crippen LogP contribution in [-0.4, -0.2) is 63.0 Å². The third-order valence-corrected chi connectivity index (χ3v) is 4.59. The standard InChI is InChI=1S/C22H24N2O5/c1-16-3-6-18(22(26)27-2)13-20(16)23-14-17-4-7-19(8-5-17)29-15-21(25)24-9-11-28-12-10-24/h3-8,13-14H,9-12,15H2,1-2H3. The van der Waals surface area contributed by atoms with E-state index < -0.39 is 5.97 Å². The van der Waals surface area contributed by atoms with Crippen LogP contribution in [0.1, 0.15) is 21.5 Å². The van der Waals surface area contributed by atoms with Gasteiger partial charge in [-0.1, -0.05) is 6.07 Å². The first-order valence-electron chi connectivity index (χ1n) is 9.38. The maximum absolute atomic E-state index is 12.1. The molecule has 0 atom stereocenters. The Hall–Kier alpha value is -3.19. The number of methoxy groups -OCH3 is 1. The molecule has 0 aromatic heterocycles. The number of aliphatic imine (C=N–C) groups is 1. The normalized spacial score (nSPS) is 14.1. The molecule has 0 unspecified atom stereocenters. The Kier molecular flexibility index (Phi) is 6.97. The average molecular weight is 396 g/mol. The minimum atomic E-state index is -0.394. The van der Waals surface area contributed by atoms with Gasteiger partial charge in [-0.3, -0.25) is 9.79 Å². The maximum atomic E-state index is 12.1. The second-order valence-corrected chi connectivity index (χ2v) is 6.60. The third kappa shape index (κ3) is 5.65. The van der Waals surface area contributed by atoms with Gasteiger partial charge in [0.1, 0.15) is 5.75 Å². The lowest BCUT2D eigenvalue weighted by Gasteiger charge is -2.26. The number of carbonyl (C=O) groups is 2. The molecule has 2 aromatic carbocycles. The highest BCUT2D eigenvalue weighted by molar-refractivity contribution is 5.91. The van der Waals surface area contributed by atoms with E-state index in [1.54, 1.807) is 35.4 Å². The van der Waals surface area contributed by atoms with Crippen LogP contribution >= 0.6 is 0 Å². The summed E-state index contributed by atoms with van der Waals surface area (Å²) in [6.07, 6.45) is 1.71. The highest BCUT2D eigenvalue weighted by atomic mass is 16.5. The number of nitrogens with zero attached hydrogens (tertiary/aromatic N) is 2. The molecule has 1 aliphatic heterocycles. The summed E-state index contributed by atoms with van der Waals surface area (Å²) in [5.41, 5.74) is 2.98. The zero-order chi connectivity index (χ0) is 20.6. The molecule has 7 nitrogen and oxygen atoms in total. The molecular weight excluding hydrogens is 372 g/mol.